The molecule has 0 unspecified atom stereocenters. The van der Waals surface area contributed by atoms with E-state index in [1.54, 1.807) is 18.5 Å². The molecule has 2 aromatic rings. The molecule has 0 aliphatic rings. The van der Waals surface area contributed by atoms with Crippen molar-refractivity contribution in [3.63, 3.8) is 0 Å². The van der Waals surface area contributed by atoms with Gasteiger partial charge >= 0.3 is 0 Å². The fourth-order valence-corrected chi connectivity index (χ4v) is 1.27. The average Bonchev–Trinajstić information content (AvgIpc) is 2.69. The lowest BCUT2D eigenvalue weighted by atomic mass is 10.1. The van der Waals surface area contributed by atoms with Crippen LogP contribution in [0, 0.1) is 0 Å². The van der Waals surface area contributed by atoms with Crippen LogP contribution in [0.4, 0.5) is 5.82 Å². The molecule has 5 nitrogen and oxygen atoms in total. The zero-order valence-corrected chi connectivity index (χ0v) is 8.73. The second-order valence-corrected chi connectivity index (χ2v) is 3.63. The first-order valence-corrected chi connectivity index (χ1v) is 4.81. The molecule has 3 N–H and O–H groups in total. The molecule has 2 heterocycles. The van der Waals surface area contributed by atoms with Gasteiger partial charge in [-0.25, -0.2) is 15.0 Å². The van der Waals surface area contributed by atoms with E-state index in [9.17, 15) is 0 Å². The van der Waals surface area contributed by atoms with E-state index in [0.717, 1.165) is 5.69 Å². The van der Waals surface area contributed by atoms with E-state index in [4.69, 9.17) is 5.73 Å². The highest BCUT2D eigenvalue weighted by atomic mass is 15.0. The summed E-state index contributed by atoms with van der Waals surface area (Å²) in [6.45, 7) is 4.13. The van der Waals surface area contributed by atoms with Crippen molar-refractivity contribution in [3.8, 4) is 11.6 Å². The number of hydrogen-bond acceptors (Lipinski definition) is 4. The minimum absolute atomic E-state index is 0.323. The van der Waals surface area contributed by atoms with Gasteiger partial charge in [0.2, 0.25) is 0 Å². The Balaban J connectivity index is 2.49. The molecule has 0 radical (unpaired) electrons. The lowest BCUT2D eigenvalue weighted by Crippen LogP contribution is -2.02. The number of anilines is 1. The Morgan fingerprint density at radius 3 is 2.73 bits per heavy atom. The van der Waals surface area contributed by atoms with E-state index in [1.807, 2.05) is 0 Å². The summed E-state index contributed by atoms with van der Waals surface area (Å²) < 4.78 is 0. The second-order valence-electron chi connectivity index (χ2n) is 3.63. The number of aromatic nitrogens is 4. The van der Waals surface area contributed by atoms with Crippen LogP contribution in [0.3, 0.4) is 0 Å². The van der Waals surface area contributed by atoms with Crippen LogP contribution >= 0.6 is 0 Å². The van der Waals surface area contributed by atoms with Crippen LogP contribution < -0.4 is 5.73 Å². The number of imidazole rings is 1. The van der Waals surface area contributed by atoms with Crippen molar-refractivity contribution in [1.29, 1.82) is 0 Å². The number of H-pyrrole nitrogens is 1. The van der Waals surface area contributed by atoms with E-state index in [-0.39, 0.29) is 0 Å². The SMILES string of the molecule is CC(C)c1cc(N)nc(-c2ncc[nH]2)n1. The first-order valence-electron chi connectivity index (χ1n) is 4.81. The smallest absolute Gasteiger partial charge is 0.197 e. The Kier molecular flexibility index (Phi) is 2.37. The minimum atomic E-state index is 0.323. The minimum Gasteiger partial charge on any atom is -0.384 e. The number of rotatable bonds is 2. The topological polar surface area (TPSA) is 80.5 Å². The number of nitrogens with zero attached hydrogens (tertiary/aromatic N) is 3. The molecule has 0 bridgehead atoms. The molecule has 0 atom stereocenters. The molecule has 0 aliphatic heterocycles. The van der Waals surface area contributed by atoms with Crippen LogP contribution in [0.15, 0.2) is 18.5 Å². The van der Waals surface area contributed by atoms with Gasteiger partial charge in [0.1, 0.15) is 5.82 Å². The molecule has 0 saturated heterocycles. The molecule has 2 aromatic heterocycles. The fraction of sp³-hybridized carbons (Fsp3) is 0.300. The summed E-state index contributed by atoms with van der Waals surface area (Å²) in [7, 11) is 0. The number of nitrogens with one attached hydrogen (secondary N) is 1. The largest absolute Gasteiger partial charge is 0.384 e. The van der Waals surface area contributed by atoms with E-state index < -0.39 is 0 Å². The van der Waals surface area contributed by atoms with Crippen molar-refractivity contribution in [2.75, 3.05) is 5.73 Å². The molecule has 0 saturated carbocycles. The lowest BCUT2D eigenvalue weighted by molar-refractivity contribution is 0.816. The molecule has 0 aliphatic carbocycles. The highest BCUT2D eigenvalue weighted by molar-refractivity contribution is 5.47. The van der Waals surface area contributed by atoms with Crippen LogP contribution in [0.2, 0.25) is 0 Å². The van der Waals surface area contributed by atoms with Crippen LogP contribution in [0.1, 0.15) is 25.5 Å². The molecule has 15 heavy (non-hydrogen) atoms. The predicted octanol–water partition coefficient (Wildman–Crippen LogP) is 1.57. The second kappa shape index (κ2) is 3.68. The Morgan fingerprint density at radius 2 is 2.13 bits per heavy atom. The van der Waals surface area contributed by atoms with Crippen molar-refractivity contribution < 1.29 is 0 Å². The summed E-state index contributed by atoms with van der Waals surface area (Å²) in [5.41, 5.74) is 6.64. The van der Waals surface area contributed by atoms with E-state index in [2.05, 4.69) is 33.8 Å². The summed E-state index contributed by atoms with van der Waals surface area (Å²) in [5, 5.41) is 0. The highest BCUT2D eigenvalue weighted by Crippen LogP contribution is 2.17. The van der Waals surface area contributed by atoms with E-state index >= 15 is 0 Å². The quantitative estimate of drug-likeness (QED) is 0.776. The zero-order valence-electron chi connectivity index (χ0n) is 8.73. The van der Waals surface area contributed by atoms with Crippen LogP contribution in [-0.2, 0) is 0 Å². The maximum Gasteiger partial charge on any atom is 0.197 e. The highest BCUT2D eigenvalue weighted by Gasteiger charge is 2.09. The third-order valence-corrected chi connectivity index (χ3v) is 2.07. The van der Waals surface area contributed by atoms with Gasteiger partial charge in [-0.05, 0) is 5.92 Å². The van der Waals surface area contributed by atoms with Gasteiger partial charge in [-0.15, -0.1) is 0 Å². The van der Waals surface area contributed by atoms with Gasteiger partial charge in [0.05, 0.1) is 0 Å². The Morgan fingerprint density at radius 1 is 1.33 bits per heavy atom. The Labute approximate surface area is 87.8 Å². The standard InChI is InChI=1S/C10H13N5/c1-6(2)7-5-8(11)15-10(14-7)9-12-3-4-13-9/h3-6H,1-2H3,(H,12,13)(H2,11,14,15). The lowest BCUT2D eigenvalue weighted by Gasteiger charge is -2.06. The molecule has 2 rings (SSSR count). The Bertz CT molecular complexity index is 447. The summed E-state index contributed by atoms with van der Waals surface area (Å²) in [6, 6.07) is 1.79. The monoisotopic (exact) mass is 203 g/mol. The van der Waals surface area contributed by atoms with E-state index in [1.165, 1.54) is 0 Å². The molecule has 0 amide bonds. The molecule has 0 aromatic carbocycles. The third-order valence-electron chi connectivity index (χ3n) is 2.07. The first kappa shape index (κ1) is 9.64. The number of aromatic amines is 1. The van der Waals surface area contributed by atoms with Crippen molar-refractivity contribution >= 4 is 5.82 Å². The molecule has 0 spiro atoms. The summed E-state index contributed by atoms with van der Waals surface area (Å²) in [5.74, 6) is 1.98. The summed E-state index contributed by atoms with van der Waals surface area (Å²) >= 11 is 0. The van der Waals surface area contributed by atoms with Gasteiger partial charge in [0.25, 0.3) is 0 Å². The van der Waals surface area contributed by atoms with E-state index in [0.29, 0.717) is 23.4 Å². The maximum absolute atomic E-state index is 5.71. The summed E-state index contributed by atoms with van der Waals surface area (Å²) in [6.07, 6.45) is 3.40. The fourth-order valence-electron chi connectivity index (χ4n) is 1.27. The molecular weight excluding hydrogens is 190 g/mol. The molecule has 0 fully saturated rings. The average molecular weight is 203 g/mol. The predicted molar refractivity (Wildman–Crippen MR) is 58.1 cm³/mol. The third kappa shape index (κ3) is 1.96. The number of nitrogens with two attached hydrogens (primary N) is 1. The normalized spacial score (nSPS) is 10.9. The first-order chi connectivity index (χ1) is 7.16. The van der Waals surface area contributed by atoms with Gasteiger partial charge in [-0.2, -0.15) is 0 Å². The number of hydrogen-bond donors (Lipinski definition) is 2. The maximum atomic E-state index is 5.71. The Hall–Kier alpha value is -1.91. The molecule has 78 valence electrons. The molecule has 5 heteroatoms. The van der Waals surface area contributed by atoms with Crippen molar-refractivity contribution in [2.24, 2.45) is 0 Å². The van der Waals surface area contributed by atoms with Gasteiger partial charge < -0.3 is 10.7 Å². The van der Waals surface area contributed by atoms with Crippen molar-refractivity contribution in [2.45, 2.75) is 19.8 Å². The van der Waals surface area contributed by atoms with Gasteiger partial charge in [-0.3, -0.25) is 0 Å². The van der Waals surface area contributed by atoms with Crippen molar-refractivity contribution in [3.05, 3.63) is 24.2 Å². The zero-order chi connectivity index (χ0) is 10.8. The van der Waals surface area contributed by atoms with Gasteiger partial charge in [-0.1, -0.05) is 13.8 Å². The van der Waals surface area contributed by atoms with Gasteiger partial charge in [0.15, 0.2) is 11.6 Å². The van der Waals surface area contributed by atoms with Crippen LogP contribution in [0.5, 0.6) is 0 Å². The van der Waals surface area contributed by atoms with Crippen LogP contribution in [-0.4, -0.2) is 19.9 Å². The van der Waals surface area contributed by atoms with Crippen LogP contribution in [0.25, 0.3) is 11.6 Å². The van der Waals surface area contributed by atoms with Gasteiger partial charge in [0, 0.05) is 24.2 Å². The van der Waals surface area contributed by atoms with Crippen molar-refractivity contribution in [1.82, 2.24) is 19.9 Å². The summed E-state index contributed by atoms with van der Waals surface area (Å²) in [4.78, 5) is 15.6. The molecular formula is C10H13N5. The number of nitrogen functional groups attached to an aromatic ring is 1.